The van der Waals surface area contributed by atoms with Crippen molar-refractivity contribution in [2.24, 2.45) is 0 Å². The lowest BCUT2D eigenvalue weighted by atomic mass is 9.77. The van der Waals surface area contributed by atoms with Crippen LogP contribution < -0.4 is 0 Å². The van der Waals surface area contributed by atoms with Crippen molar-refractivity contribution in [2.45, 2.75) is 16.8 Å². The highest BCUT2D eigenvalue weighted by atomic mass is 16.3. The summed E-state index contributed by atoms with van der Waals surface area (Å²) in [7, 11) is 0. The van der Waals surface area contributed by atoms with E-state index in [2.05, 4.69) is 71.0 Å². The molecule has 3 aliphatic rings. The van der Waals surface area contributed by atoms with E-state index in [1.165, 1.54) is 0 Å². The minimum atomic E-state index is -2.01. The van der Waals surface area contributed by atoms with Gasteiger partial charge >= 0.3 is 0 Å². The zero-order valence-electron chi connectivity index (χ0n) is 41.9. The van der Waals surface area contributed by atoms with Crippen molar-refractivity contribution in [1.29, 1.82) is 0 Å². The molecule has 0 heterocycles. The molecule has 0 amide bonds. The Hall–Kier alpha value is -10.6. The molecule has 0 spiro atoms. The van der Waals surface area contributed by atoms with Crippen LogP contribution in [0.1, 0.15) is 83.5 Å². The number of rotatable bonds is 0. The van der Waals surface area contributed by atoms with E-state index in [0.717, 1.165) is 16.7 Å². The molecular weight excluding hydrogens is 949 g/mol. The second kappa shape index (κ2) is 19.3. The predicted molar refractivity (Wildman–Crippen MR) is 309 cm³/mol. The molecule has 3 N–H and O–H groups in total. The van der Waals surface area contributed by atoms with Crippen molar-refractivity contribution in [3.63, 3.8) is 0 Å². The third-order valence-corrected chi connectivity index (χ3v) is 14.6. The van der Waals surface area contributed by atoms with Crippen molar-refractivity contribution in [1.82, 2.24) is 0 Å². The molecule has 3 nitrogen and oxygen atoms in total. The van der Waals surface area contributed by atoms with E-state index in [4.69, 9.17) is 0 Å². The molecule has 0 aliphatic heterocycles. The van der Waals surface area contributed by atoms with Crippen LogP contribution in [-0.2, 0) is 16.8 Å². The van der Waals surface area contributed by atoms with Crippen molar-refractivity contribution in [2.75, 3.05) is 0 Å². The van der Waals surface area contributed by atoms with Crippen molar-refractivity contribution >= 4 is 0 Å². The zero-order chi connectivity index (χ0) is 52.7. The summed E-state index contributed by atoms with van der Waals surface area (Å²) in [4.78, 5) is 0. The first kappa shape index (κ1) is 47.2. The second-order valence-electron chi connectivity index (χ2n) is 19.3. The summed E-state index contributed by atoms with van der Waals surface area (Å²) in [6, 6.07) is 75.3. The van der Waals surface area contributed by atoms with E-state index in [0.29, 0.717) is 100 Å². The molecular formula is C75H42O3. The lowest BCUT2D eigenvalue weighted by Gasteiger charge is -2.29. The fraction of sp³-hybridized carbons (Fsp3) is 0.0400. The van der Waals surface area contributed by atoms with Gasteiger partial charge in [-0.2, -0.15) is 0 Å². The maximum atomic E-state index is 14.1. The van der Waals surface area contributed by atoms with Gasteiger partial charge in [0.1, 0.15) is 0 Å². The molecule has 0 aromatic heterocycles. The van der Waals surface area contributed by atoms with E-state index in [-0.39, 0.29) is 0 Å². The number of fused-ring (bicyclic) bond motifs is 12. The van der Waals surface area contributed by atoms with Crippen LogP contribution in [0.5, 0.6) is 0 Å². The second-order valence-corrected chi connectivity index (χ2v) is 19.3. The quantitative estimate of drug-likeness (QED) is 0.133. The average Bonchev–Trinajstić information content (AvgIpc) is 3.07. The molecule has 3 aliphatic carbocycles. The molecule has 3 heteroatoms. The predicted octanol–water partition coefficient (Wildman–Crippen LogP) is 12.7. The number of aliphatic hydroxyl groups is 3. The van der Waals surface area contributed by atoms with Gasteiger partial charge in [0, 0.05) is 83.5 Å². The van der Waals surface area contributed by atoms with Crippen LogP contribution in [-0.4, -0.2) is 15.3 Å². The summed E-state index contributed by atoms with van der Waals surface area (Å²) in [6.45, 7) is 0. The first-order valence-electron chi connectivity index (χ1n) is 25.6. The standard InChI is InChI=1S/C75H42O3/c76-73(49-46-58-31-13-10-28-55(58)43-40-52-22-4-1-5-23-52)64-37-19-16-34-61(64)67-70(73)68-62-35-17-20-38-65(62)74(77,50-47-59-32-14-11-29-56(59)44-41-53-24-6-2-7-25-53)72(68)69-63-36-18-21-39-66(63)75(78,71(67)69)51-48-60-33-15-12-30-57(60)45-42-54-26-8-3-9-27-54/h1-39,76-78H. The minimum absolute atomic E-state index is 0.416. The molecule has 10 aromatic rings. The van der Waals surface area contributed by atoms with Crippen molar-refractivity contribution in [3.8, 4) is 104 Å². The summed E-state index contributed by atoms with van der Waals surface area (Å²) in [5, 5.41) is 42.2. The van der Waals surface area contributed by atoms with Gasteiger partial charge in [-0.1, -0.05) is 235 Å². The molecule has 0 saturated heterocycles. The van der Waals surface area contributed by atoms with Crippen LogP contribution in [0.2, 0.25) is 0 Å². The maximum Gasteiger partial charge on any atom is 0.179 e. The van der Waals surface area contributed by atoms with Gasteiger partial charge in [0.05, 0.1) is 0 Å². The topological polar surface area (TPSA) is 60.7 Å². The third kappa shape index (κ3) is 7.99. The Bertz CT molecular complexity index is 4040. The summed E-state index contributed by atoms with van der Waals surface area (Å²) < 4.78 is 0. The summed E-state index contributed by atoms with van der Waals surface area (Å²) in [5.74, 6) is 40.2. The van der Waals surface area contributed by atoms with Crippen LogP contribution in [0.25, 0.3) is 33.4 Å². The molecule has 360 valence electrons. The first-order valence-corrected chi connectivity index (χ1v) is 25.6. The molecule has 0 bridgehead atoms. The summed E-state index contributed by atoms with van der Waals surface area (Å²) >= 11 is 0. The van der Waals surface area contributed by atoms with E-state index < -0.39 is 16.8 Å². The average molecular weight is 991 g/mol. The molecule has 3 atom stereocenters. The van der Waals surface area contributed by atoms with E-state index in [9.17, 15) is 15.3 Å². The van der Waals surface area contributed by atoms with Crippen LogP contribution in [0.15, 0.2) is 237 Å². The number of hydrogen-bond acceptors (Lipinski definition) is 3. The smallest absolute Gasteiger partial charge is 0.179 e. The Labute approximate surface area is 454 Å². The summed E-state index contributed by atoms with van der Waals surface area (Å²) in [5.41, 5.74) is 7.06. The lowest BCUT2D eigenvalue weighted by Crippen LogP contribution is -2.28. The largest absolute Gasteiger partial charge is 0.369 e. The lowest BCUT2D eigenvalue weighted by molar-refractivity contribution is 0.142. The Morgan fingerprint density at radius 2 is 0.436 bits per heavy atom. The zero-order valence-corrected chi connectivity index (χ0v) is 41.9. The van der Waals surface area contributed by atoms with Crippen LogP contribution in [0.4, 0.5) is 0 Å². The highest BCUT2D eigenvalue weighted by molar-refractivity contribution is 6.06. The van der Waals surface area contributed by atoms with Gasteiger partial charge < -0.3 is 15.3 Å². The highest BCUT2D eigenvalue weighted by Crippen LogP contribution is 2.66. The molecule has 0 fully saturated rings. The van der Waals surface area contributed by atoms with Gasteiger partial charge in [-0.3, -0.25) is 0 Å². The van der Waals surface area contributed by atoms with Gasteiger partial charge in [0.15, 0.2) is 16.8 Å². The molecule has 10 aromatic carbocycles. The maximum absolute atomic E-state index is 14.1. The van der Waals surface area contributed by atoms with Gasteiger partial charge in [-0.25, -0.2) is 0 Å². The normalized spacial score (nSPS) is 17.0. The Balaban J connectivity index is 1.10. The van der Waals surface area contributed by atoms with Gasteiger partial charge in [-0.15, -0.1) is 0 Å². The Kier molecular flexibility index (Phi) is 11.7. The Morgan fingerprint density at radius 1 is 0.218 bits per heavy atom. The highest BCUT2D eigenvalue weighted by Gasteiger charge is 2.57. The Morgan fingerprint density at radius 3 is 0.705 bits per heavy atom. The van der Waals surface area contributed by atoms with Crippen LogP contribution in [0, 0.1) is 71.0 Å². The SMILES string of the molecule is OC1(C#Cc2ccccc2C#Cc2ccccc2)c2ccccc2-c2c1c1c(c3c2C(O)(C#Cc2ccccc2C#Cc2ccccc2)c2ccccc2-3)C(O)(C#Cc2ccccc2C#Cc2ccccc2)c2ccccc2-1. The fourth-order valence-corrected chi connectivity index (χ4v) is 11.0. The van der Waals surface area contributed by atoms with Crippen molar-refractivity contribution < 1.29 is 15.3 Å². The molecule has 13 rings (SSSR count). The molecule has 0 radical (unpaired) electrons. The summed E-state index contributed by atoms with van der Waals surface area (Å²) in [6.07, 6.45) is 0. The van der Waals surface area contributed by atoms with Gasteiger partial charge in [0.25, 0.3) is 0 Å². The molecule has 0 saturated carbocycles. The monoisotopic (exact) mass is 990 g/mol. The van der Waals surface area contributed by atoms with Crippen LogP contribution in [0.3, 0.4) is 0 Å². The van der Waals surface area contributed by atoms with Crippen LogP contribution >= 0.6 is 0 Å². The molecule has 3 unspecified atom stereocenters. The number of benzene rings is 10. The van der Waals surface area contributed by atoms with Crippen molar-refractivity contribution in [3.05, 3.63) is 320 Å². The fourth-order valence-electron chi connectivity index (χ4n) is 11.0. The van der Waals surface area contributed by atoms with Gasteiger partial charge in [-0.05, 0) is 106 Å². The molecule has 78 heavy (non-hydrogen) atoms. The number of hydrogen-bond donors (Lipinski definition) is 3. The first-order chi connectivity index (χ1) is 38.3. The van der Waals surface area contributed by atoms with Gasteiger partial charge in [0.2, 0.25) is 0 Å². The van der Waals surface area contributed by atoms with E-state index >= 15 is 0 Å². The van der Waals surface area contributed by atoms with E-state index in [1.807, 2.05) is 237 Å². The minimum Gasteiger partial charge on any atom is -0.369 e. The third-order valence-electron chi connectivity index (χ3n) is 14.6. The van der Waals surface area contributed by atoms with E-state index in [1.54, 1.807) is 0 Å².